The van der Waals surface area contributed by atoms with Gasteiger partial charge in [0.25, 0.3) is 5.91 Å². The molecule has 142 valence electrons. The second-order valence-corrected chi connectivity index (χ2v) is 6.43. The number of ether oxygens (including phenoxy) is 2. The highest BCUT2D eigenvalue weighted by atomic mass is 16.5. The number of rotatable bonds is 6. The lowest BCUT2D eigenvalue weighted by molar-refractivity contribution is -0.125. The molecule has 0 radical (unpaired) electrons. The predicted molar refractivity (Wildman–Crippen MR) is 102 cm³/mol. The molecule has 0 aliphatic carbocycles. The fourth-order valence-corrected chi connectivity index (χ4v) is 3.32. The van der Waals surface area contributed by atoms with Gasteiger partial charge in [-0.05, 0) is 36.6 Å². The van der Waals surface area contributed by atoms with Gasteiger partial charge < -0.3 is 19.7 Å². The quantitative estimate of drug-likeness (QED) is 0.851. The molecule has 1 N–H and O–H groups in total. The third kappa shape index (κ3) is 4.22. The molecule has 1 atom stereocenters. The van der Waals surface area contributed by atoms with Crippen molar-refractivity contribution in [1.29, 1.82) is 0 Å². The molecule has 2 amide bonds. The maximum absolute atomic E-state index is 13.0. The lowest BCUT2D eigenvalue weighted by Crippen LogP contribution is -2.45. The Morgan fingerprint density at radius 1 is 1.07 bits per heavy atom. The Balaban J connectivity index is 1.69. The first kappa shape index (κ1) is 18.8. The fraction of sp³-hybridized carbons (Fsp3) is 0.333. The maximum Gasteiger partial charge on any atom is 0.254 e. The van der Waals surface area contributed by atoms with Crippen LogP contribution in [0.5, 0.6) is 11.5 Å². The first-order valence-electron chi connectivity index (χ1n) is 8.98. The number of methoxy groups -OCH3 is 2. The van der Waals surface area contributed by atoms with Gasteiger partial charge in [-0.1, -0.05) is 30.3 Å². The molecule has 0 aromatic heterocycles. The summed E-state index contributed by atoms with van der Waals surface area (Å²) in [6, 6.07) is 14.3. The molecule has 2 aromatic rings. The highest BCUT2D eigenvalue weighted by Gasteiger charge is 2.34. The molecule has 1 fully saturated rings. The second kappa shape index (κ2) is 8.58. The minimum Gasteiger partial charge on any atom is -0.493 e. The number of likely N-dealkylation sites (tertiary alicyclic amines) is 1. The maximum atomic E-state index is 13.0. The van der Waals surface area contributed by atoms with Gasteiger partial charge in [-0.25, -0.2) is 0 Å². The highest BCUT2D eigenvalue weighted by molar-refractivity contribution is 5.98. The molecule has 0 spiro atoms. The van der Waals surface area contributed by atoms with Gasteiger partial charge in [0.2, 0.25) is 5.91 Å². The van der Waals surface area contributed by atoms with Crippen LogP contribution in [0.25, 0.3) is 0 Å². The van der Waals surface area contributed by atoms with Crippen molar-refractivity contribution in [2.75, 3.05) is 20.8 Å². The van der Waals surface area contributed by atoms with Crippen molar-refractivity contribution in [3.63, 3.8) is 0 Å². The molecule has 0 unspecified atom stereocenters. The number of benzene rings is 2. The van der Waals surface area contributed by atoms with E-state index >= 15 is 0 Å². The third-order valence-electron chi connectivity index (χ3n) is 4.76. The molecule has 1 aliphatic rings. The van der Waals surface area contributed by atoms with Gasteiger partial charge in [0.05, 0.1) is 14.2 Å². The van der Waals surface area contributed by atoms with Crippen LogP contribution in [-0.2, 0) is 11.3 Å². The summed E-state index contributed by atoms with van der Waals surface area (Å²) in [6.45, 7) is 1.02. The van der Waals surface area contributed by atoms with Gasteiger partial charge in [0, 0.05) is 18.7 Å². The van der Waals surface area contributed by atoms with Gasteiger partial charge in [0.1, 0.15) is 6.04 Å². The summed E-state index contributed by atoms with van der Waals surface area (Å²) >= 11 is 0. The van der Waals surface area contributed by atoms with Crippen molar-refractivity contribution in [2.45, 2.75) is 25.4 Å². The van der Waals surface area contributed by atoms with Crippen LogP contribution in [-0.4, -0.2) is 43.5 Å². The molecule has 2 aromatic carbocycles. The van der Waals surface area contributed by atoms with Crippen LogP contribution < -0.4 is 14.8 Å². The average Bonchev–Trinajstić information content (AvgIpc) is 3.21. The Bertz CT molecular complexity index is 807. The van der Waals surface area contributed by atoms with E-state index in [2.05, 4.69) is 5.32 Å². The van der Waals surface area contributed by atoms with Crippen LogP contribution >= 0.6 is 0 Å². The van der Waals surface area contributed by atoms with E-state index in [1.54, 1.807) is 30.2 Å². The Morgan fingerprint density at radius 3 is 2.52 bits per heavy atom. The van der Waals surface area contributed by atoms with Crippen LogP contribution in [0, 0.1) is 0 Å². The largest absolute Gasteiger partial charge is 0.493 e. The normalized spacial score (nSPS) is 16.1. The number of carbonyl (C=O) groups is 2. The summed E-state index contributed by atoms with van der Waals surface area (Å²) in [5, 5.41) is 2.94. The topological polar surface area (TPSA) is 67.9 Å². The van der Waals surface area contributed by atoms with Crippen molar-refractivity contribution in [3.8, 4) is 11.5 Å². The zero-order valence-electron chi connectivity index (χ0n) is 15.6. The van der Waals surface area contributed by atoms with Gasteiger partial charge >= 0.3 is 0 Å². The first-order chi connectivity index (χ1) is 13.1. The Morgan fingerprint density at radius 2 is 1.81 bits per heavy atom. The van der Waals surface area contributed by atoms with Crippen molar-refractivity contribution >= 4 is 11.8 Å². The fourth-order valence-electron chi connectivity index (χ4n) is 3.32. The molecule has 3 rings (SSSR count). The molecule has 0 bridgehead atoms. The lowest BCUT2D eigenvalue weighted by Gasteiger charge is -2.24. The van der Waals surface area contributed by atoms with Crippen molar-refractivity contribution in [1.82, 2.24) is 10.2 Å². The summed E-state index contributed by atoms with van der Waals surface area (Å²) < 4.78 is 10.5. The number of carbonyl (C=O) groups excluding carboxylic acids is 2. The number of hydrogen-bond donors (Lipinski definition) is 1. The molecular weight excluding hydrogens is 344 g/mol. The van der Waals surface area contributed by atoms with Crippen LogP contribution in [0.4, 0.5) is 0 Å². The summed E-state index contributed by atoms with van der Waals surface area (Å²) in [5.41, 5.74) is 1.51. The van der Waals surface area contributed by atoms with Crippen LogP contribution in [0.15, 0.2) is 48.5 Å². The molecular formula is C21H24N2O4. The van der Waals surface area contributed by atoms with Gasteiger partial charge in [0.15, 0.2) is 11.5 Å². The molecule has 6 nitrogen and oxygen atoms in total. The molecule has 6 heteroatoms. The minimum atomic E-state index is -0.450. The van der Waals surface area contributed by atoms with Gasteiger partial charge in [-0.2, -0.15) is 0 Å². The van der Waals surface area contributed by atoms with E-state index in [1.165, 1.54) is 7.11 Å². The number of nitrogens with zero attached hydrogens (tertiary/aromatic N) is 1. The zero-order chi connectivity index (χ0) is 19.2. The van der Waals surface area contributed by atoms with E-state index in [9.17, 15) is 9.59 Å². The minimum absolute atomic E-state index is 0.120. The van der Waals surface area contributed by atoms with Crippen LogP contribution in [0.3, 0.4) is 0 Å². The monoisotopic (exact) mass is 368 g/mol. The van der Waals surface area contributed by atoms with Crippen molar-refractivity contribution < 1.29 is 19.1 Å². The first-order valence-corrected chi connectivity index (χ1v) is 8.98. The number of hydrogen-bond acceptors (Lipinski definition) is 4. The third-order valence-corrected chi connectivity index (χ3v) is 4.76. The van der Waals surface area contributed by atoms with E-state index < -0.39 is 6.04 Å². The summed E-state index contributed by atoms with van der Waals surface area (Å²) in [4.78, 5) is 27.2. The average molecular weight is 368 g/mol. The Kier molecular flexibility index (Phi) is 5.96. The van der Waals surface area contributed by atoms with E-state index in [1.807, 2.05) is 30.3 Å². The molecule has 1 aliphatic heterocycles. The van der Waals surface area contributed by atoms with E-state index in [0.717, 1.165) is 12.0 Å². The standard InChI is InChI=1S/C21H24N2O4/c1-26-18-11-10-16(13-19(18)27-2)21(25)23-12-6-9-17(23)20(24)22-14-15-7-4-3-5-8-15/h3-5,7-8,10-11,13,17H,6,9,12,14H2,1-2H3,(H,22,24)/t17-/m1/s1. The summed E-state index contributed by atoms with van der Waals surface area (Å²) in [5.74, 6) is 0.763. The zero-order valence-corrected chi connectivity index (χ0v) is 15.6. The van der Waals surface area contributed by atoms with Gasteiger partial charge in [-0.3, -0.25) is 9.59 Å². The Hall–Kier alpha value is -3.02. The van der Waals surface area contributed by atoms with Crippen LogP contribution in [0.2, 0.25) is 0 Å². The number of nitrogens with one attached hydrogen (secondary N) is 1. The van der Waals surface area contributed by atoms with E-state index in [0.29, 0.717) is 36.6 Å². The second-order valence-electron chi connectivity index (χ2n) is 6.43. The smallest absolute Gasteiger partial charge is 0.254 e. The van der Waals surface area contributed by atoms with E-state index in [-0.39, 0.29) is 11.8 Å². The van der Waals surface area contributed by atoms with Crippen LogP contribution in [0.1, 0.15) is 28.8 Å². The summed E-state index contributed by atoms with van der Waals surface area (Å²) in [7, 11) is 3.08. The molecule has 1 saturated heterocycles. The molecule has 1 heterocycles. The van der Waals surface area contributed by atoms with Gasteiger partial charge in [-0.15, -0.1) is 0 Å². The number of amides is 2. The molecule has 27 heavy (non-hydrogen) atoms. The SMILES string of the molecule is COc1ccc(C(=O)N2CCC[C@@H]2C(=O)NCc2ccccc2)cc1OC. The van der Waals surface area contributed by atoms with E-state index in [4.69, 9.17) is 9.47 Å². The summed E-state index contributed by atoms with van der Waals surface area (Å²) in [6.07, 6.45) is 1.47. The molecule has 0 saturated carbocycles. The predicted octanol–water partition coefficient (Wildman–Crippen LogP) is 2.62. The van der Waals surface area contributed by atoms with Crippen molar-refractivity contribution in [2.24, 2.45) is 0 Å². The lowest BCUT2D eigenvalue weighted by atomic mass is 10.1. The van der Waals surface area contributed by atoms with Crippen molar-refractivity contribution in [3.05, 3.63) is 59.7 Å². The Labute approximate surface area is 159 Å². The highest BCUT2D eigenvalue weighted by Crippen LogP contribution is 2.29.